The first-order chi connectivity index (χ1) is 11.3. The Kier molecular flexibility index (Phi) is 5.67. The molecule has 2 rings (SSSR count). The molecule has 1 aromatic heterocycles. The lowest BCUT2D eigenvalue weighted by molar-refractivity contribution is -0.274. The van der Waals surface area contributed by atoms with Crippen molar-refractivity contribution >= 4 is 6.03 Å². The quantitative estimate of drug-likeness (QED) is 0.848. The number of alkyl halides is 3. The van der Waals surface area contributed by atoms with Gasteiger partial charge in [-0.25, -0.2) is 4.79 Å². The van der Waals surface area contributed by atoms with Gasteiger partial charge in [-0.15, -0.1) is 13.2 Å². The lowest BCUT2D eigenvalue weighted by atomic mass is 10.2. The summed E-state index contributed by atoms with van der Waals surface area (Å²) in [6.07, 6.45) is -1.39. The highest BCUT2D eigenvalue weighted by Crippen LogP contribution is 2.25. The molecule has 1 atom stereocenters. The van der Waals surface area contributed by atoms with Crippen molar-refractivity contribution in [3.05, 3.63) is 48.3 Å². The smallest absolute Gasteiger partial charge is 0.405 e. The molecule has 2 aromatic rings. The van der Waals surface area contributed by atoms with Crippen LogP contribution in [0.25, 0.3) is 0 Å². The number of rotatable bonds is 6. The second kappa shape index (κ2) is 7.71. The van der Waals surface area contributed by atoms with Gasteiger partial charge in [0.2, 0.25) is 0 Å². The maximum Gasteiger partial charge on any atom is 0.573 e. The molecule has 9 heteroatoms. The van der Waals surface area contributed by atoms with Gasteiger partial charge in [-0.1, -0.05) is 18.2 Å². The first kappa shape index (κ1) is 17.6. The van der Waals surface area contributed by atoms with Gasteiger partial charge in [0, 0.05) is 30.5 Å². The molecule has 0 aliphatic carbocycles. The van der Waals surface area contributed by atoms with Crippen LogP contribution in [-0.2, 0) is 13.1 Å². The van der Waals surface area contributed by atoms with Gasteiger partial charge in [0.1, 0.15) is 5.75 Å². The van der Waals surface area contributed by atoms with E-state index in [4.69, 9.17) is 0 Å². The molecule has 0 fully saturated rings. The number of aromatic nitrogens is 2. The van der Waals surface area contributed by atoms with Crippen LogP contribution in [0.15, 0.2) is 42.7 Å². The molecule has 0 spiro atoms. The number of nitrogens with one attached hydrogen (secondary N) is 2. The molecule has 0 saturated heterocycles. The fourth-order valence-electron chi connectivity index (χ4n) is 2.06. The number of para-hydroxylation sites is 1. The van der Waals surface area contributed by atoms with Crippen LogP contribution in [-0.4, -0.2) is 28.2 Å². The summed E-state index contributed by atoms with van der Waals surface area (Å²) in [5.74, 6) is -0.338. The van der Waals surface area contributed by atoms with E-state index >= 15 is 0 Å². The van der Waals surface area contributed by atoms with E-state index in [-0.39, 0.29) is 23.9 Å². The molecule has 24 heavy (non-hydrogen) atoms. The summed E-state index contributed by atoms with van der Waals surface area (Å²) in [7, 11) is 0. The van der Waals surface area contributed by atoms with E-state index in [2.05, 4.69) is 20.5 Å². The van der Waals surface area contributed by atoms with E-state index in [1.54, 1.807) is 36.1 Å². The molecule has 1 unspecified atom stereocenters. The molecular weight excluding hydrogens is 325 g/mol. The highest BCUT2D eigenvalue weighted by atomic mass is 19.4. The first-order valence-corrected chi connectivity index (χ1v) is 7.19. The SMILES string of the molecule is CC(Cn1cccn1)NC(=O)NCc1ccccc1OC(F)(F)F. The van der Waals surface area contributed by atoms with Gasteiger partial charge >= 0.3 is 12.4 Å². The van der Waals surface area contributed by atoms with E-state index in [0.717, 1.165) is 0 Å². The van der Waals surface area contributed by atoms with Crippen molar-refractivity contribution in [3.8, 4) is 5.75 Å². The zero-order valence-corrected chi connectivity index (χ0v) is 12.9. The fourth-order valence-corrected chi connectivity index (χ4v) is 2.06. The number of halogens is 3. The maximum absolute atomic E-state index is 12.3. The average Bonchev–Trinajstić information content (AvgIpc) is 2.97. The molecule has 1 aromatic carbocycles. The Hall–Kier alpha value is -2.71. The second-order valence-corrected chi connectivity index (χ2v) is 5.11. The van der Waals surface area contributed by atoms with Gasteiger partial charge in [0.15, 0.2) is 0 Å². The molecular formula is C15H17F3N4O2. The third-order valence-electron chi connectivity index (χ3n) is 3.04. The van der Waals surface area contributed by atoms with E-state index in [0.29, 0.717) is 6.54 Å². The normalized spacial score (nSPS) is 12.5. The lowest BCUT2D eigenvalue weighted by Crippen LogP contribution is -2.42. The Morgan fingerprint density at radius 1 is 1.33 bits per heavy atom. The van der Waals surface area contributed by atoms with Crippen molar-refractivity contribution < 1.29 is 22.7 Å². The molecule has 0 bridgehead atoms. The van der Waals surface area contributed by atoms with Crippen LogP contribution in [0.4, 0.5) is 18.0 Å². The molecule has 2 N–H and O–H groups in total. The molecule has 0 saturated carbocycles. The van der Waals surface area contributed by atoms with Crippen molar-refractivity contribution in [1.82, 2.24) is 20.4 Å². The van der Waals surface area contributed by atoms with Crippen molar-refractivity contribution in [1.29, 1.82) is 0 Å². The van der Waals surface area contributed by atoms with E-state index in [1.807, 2.05) is 0 Å². The maximum atomic E-state index is 12.3. The topological polar surface area (TPSA) is 68.2 Å². The Labute approximate surface area is 136 Å². The fraction of sp³-hybridized carbons (Fsp3) is 0.333. The van der Waals surface area contributed by atoms with E-state index < -0.39 is 12.4 Å². The number of benzene rings is 1. The highest BCUT2D eigenvalue weighted by Gasteiger charge is 2.31. The Morgan fingerprint density at radius 3 is 2.75 bits per heavy atom. The van der Waals surface area contributed by atoms with Crippen LogP contribution in [0.5, 0.6) is 5.75 Å². The van der Waals surface area contributed by atoms with Crippen molar-refractivity contribution in [2.24, 2.45) is 0 Å². The van der Waals surface area contributed by atoms with Crippen molar-refractivity contribution in [3.63, 3.8) is 0 Å². The summed E-state index contributed by atoms with van der Waals surface area (Å²) < 4.78 is 42.6. The van der Waals surface area contributed by atoms with Crippen LogP contribution in [0.3, 0.4) is 0 Å². The number of carbonyl (C=O) groups is 1. The van der Waals surface area contributed by atoms with Crippen LogP contribution < -0.4 is 15.4 Å². The number of hydrogen-bond acceptors (Lipinski definition) is 3. The van der Waals surface area contributed by atoms with Crippen LogP contribution in [0.1, 0.15) is 12.5 Å². The molecule has 1 heterocycles. The first-order valence-electron chi connectivity index (χ1n) is 7.19. The van der Waals surface area contributed by atoms with Crippen LogP contribution in [0, 0.1) is 0 Å². The Bertz CT molecular complexity index is 659. The monoisotopic (exact) mass is 342 g/mol. The van der Waals surface area contributed by atoms with E-state index in [1.165, 1.54) is 18.2 Å². The summed E-state index contributed by atoms with van der Waals surface area (Å²) >= 11 is 0. The predicted octanol–water partition coefficient (Wildman–Crippen LogP) is 2.67. The highest BCUT2D eigenvalue weighted by molar-refractivity contribution is 5.74. The molecule has 0 aliphatic rings. The summed E-state index contributed by atoms with van der Waals surface area (Å²) in [5.41, 5.74) is 0.227. The van der Waals surface area contributed by atoms with Crippen molar-refractivity contribution in [2.45, 2.75) is 32.4 Å². The van der Waals surface area contributed by atoms with Gasteiger partial charge in [-0.3, -0.25) is 4.68 Å². The van der Waals surface area contributed by atoms with Gasteiger partial charge in [-0.05, 0) is 19.1 Å². The minimum absolute atomic E-state index is 0.0907. The summed E-state index contributed by atoms with van der Waals surface area (Å²) in [5, 5.41) is 9.22. The van der Waals surface area contributed by atoms with Crippen LogP contribution in [0.2, 0.25) is 0 Å². The summed E-state index contributed by atoms with van der Waals surface area (Å²) in [6.45, 7) is 2.18. The van der Waals surface area contributed by atoms with E-state index in [9.17, 15) is 18.0 Å². The minimum atomic E-state index is -4.78. The average molecular weight is 342 g/mol. The Balaban J connectivity index is 1.85. The zero-order valence-electron chi connectivity index (χ0n) is 12.9. The number of hydrogen-bond donors (Lipinski definition) is 2. The zero-order chi connectivity index (χ0) is 17.6. The number of nitrogens with zero attached hydrogens (tertiary/aromatic N) is 2. The number of amides is 2. The number of urea groups is 1. The van der Waals surface area contributed by atoms with Crippen LogP contribution >= 0.6 is 0 Å². The van der Waals surface area contributed by atoms with Gasteiger partial charge in [-0.2, -0.15) is 5.10 Å². The second-order valence-electron chi connectivity index (χ2n) is 5.11. The van der Waals surface area contributed by atoms with Crippen molar-refractivity contribution in [2.75, 3.05) is 0 Å². The largest absolute Gasteiger partial charge is 0.573 e. The number of ether oxygens (including phenoxy) is 1. The number of carbonyl (C=O) groups excluding carboxylic acids is 1. The third kappa shape index (κ3) is 5.82. The van der Waals surface area contributed by atoms with Gasteiger partial charge in [0.25, 0.3) is 0 Å². The molecule has 0 radical (unpaired) electrons. The lowest BCUT2D eigenvalue weighted by Gasteiger charge is -2.16. The summed E-state index contributed by atoms with van der Waals surface area (Å²) in [6, 6.07) is 6.72. The van der Waals surface area contributed by atoms with Gasteiger partial charge < -0.3 is 15.4 Å². The Morgan fingerprint density at radius 2 is 2.08 bits per heavy atom. The predicted molar refractivity (Wildman–Crippen MR) is 80.2 cm³/mol. The molecule has 6 nitrogen and oxygen atoms in total. The molecule has 0 aliphatic heterocycles. The molecule has 130 valence electrons. The molecule has 2 amide bonds. The third-order valence-corrected chi connectivity index (χ3v) is 3.04. The van der Waals surface area contributed by atoms with Gasteiger partial charge in [0.05, 0.1) is 6.54 Å². The summed E-state index contributed by atoms with van der Waals surface area (Å²) in [4.78, 5) is 11.8. The minimum Gasteiger partial charge on any atom is -0.405 e. The standard InChI is InChI=1S/C15H17F3N4O2/c1-11(10-22-8-4-7-20-22)21-14(23)19-9-12-5-2-3-6-13(12)24-15(16,17)18/h2-8,11H,9-10H2,1H3,(H2,19,21,23).